The number of hydrogen-bond donors (Lipinski definition) is 0. The molecule has 1 aromatic rings. The molecule has 1 rings (SSSR count). The van der Waals surface area contributed by atoms with Crippen LogP contribution >= 0.6 is 15.9 Å². The molecule has 1 heterocycles. The summed E-state index contributed by atoms with van der Waals surface area (Å²) in [5.41, 5.74) is 3.07. The van der Waals surface area contributed by atoms with Gasteiger partial charge < -0.3 is 0 Å². The lowest BCUT2D eigenvalue weighted by molar-refractivity contribution is 0.583. The van der Waals surface area contributed by atoms with Crippen LogP contribution in [-0.4, -0.2) is 13.8 Å². The maximum atomic E-state index is 4.35. The van der Waals surface area contributed by atoms with Crippen molar-refractivity contribution in [2.24, 2.45) is 0 Å². The largest absolute Gasteiger partial charge is 0.249 e. The number of halogens is 1. The predicted octanol–water partition coefficient (Wildman–Crippen LogP) is 3.71. The van der Waals surface area contributed by atoms with Crippen LogP contribution in [0.25, 0.3) is 0 Å². The Morgan fingerprint density at radius 1 is 1.33 bits per heavy atom. The van der Waals surface area contributed by atoms with Crippen LogP contribution in [0.2, 0.25) is 13.1 Å². The van der Waals surface area contributed by atoms with Gasteiger partial charge in [0.2, 0.25) is 0 Å². The Morgan fingerprint density at radius 3 is 2.40 bits per heavy atom. The second-order valence-corrected chi connectivity index (χ2v) is 9.42. The van der Waals surface area contributed by atoms with Gasteiger partial charge >= 0.3 is 0 Å². The first-order valence-corrected chi connectivity index (χ1v) is 9.38. The second-order valence-electron chi connectivity index (χ2n) is 5.48. The van der Waals surface area contributed by atoms with E-state index in [0.717, 1.165) is 4.60 Å². The molecule has 0 spiro atoms. The molecule has 0 fully saturated rings. The summed E-state index contributed by atoms with van der Waals surface area (Å²) in [5, 5.41) is 0. The van der Waals surface area contributed by atoms with E-state index in [0.29, 0.717) is 0 Å². The van der Waals surface area contributed by atoms with Crippen molar-refractivity contribution < 1.29 is 0 Å². The lowest BCUT2D eigenvalue weighted by Gasteiger charge is -2.24. The maximum Gasteiger partial charge on any atom is 0.109 e. The van der Waals surface area contributed by atoms with Crippen molar-refractivity contribution in [1.29, 1.82) is 0 Å². The van der Waals surface area contributed by atoms with Crippen molar-refractivity contribution in [2.75, 3.05) is 0 Å². The molecule has 84 valence electrons. The van der Waals surface area contributed by atoms with Crippen LogP contribution in [0.5, 0.6) is 0 Å². The summed E-state index contributed by atoms with van der Waals surface area (Å²) >= 11 is 3.58. The zero-order chi connectivity index (χ0) is 11.6. The van der Waals surface area contributed by atoms with Gasteiger partial charge in [-0.15, -0.1) is 0 Å². The highest BCUT2D eigenvalue weighted by Gasteiger charge is 2.20. The van der Waals surface area contributed by atoms with Crippen molar-refractivity contribution in [2.45, 2.75) is 45.3 Å². The van der Waals surface area contributed by atoms with E-state index in [2.05, 4.69) is 60.8 Å². The summed E-state index contributed by atoms with van der Waals surface area (Å²) in [6.45, 7) is 11.6. The van der Waals surface area contributed by atoms with Gasteiger partial charge in [-0.05, 0) is 44.6 Å². The van der Waals surface area contributed by atoms with E-state index >= 15 is 0 Å². The molecule has 3 heteroatoms. The van der Waals surface area contributed by atoms with Gasteiger partial charge in [0, 0.05) is 15.0 Å². The molecule has 0 aliphatic carbocycles. The highest BCUT2D eigenvalue weighted by atomic mass is 79.9. The standard InChI is InChI=1S/C12H20BrNSi/c1-12(2,3)10-6-7-14-11(13)9(10)8-15(4)5/h6-7,15H,8H2,1-5H3. The molecule has 0 aliphatic heterocycles. The van der Waals surface area contributed by atoms with Crippen LogP contribution in [-0.2, 0) is 11.5 Å². The SMILES string of the molecule is C[SiH](C)Cc1c(C(C)(C)C)ccnc1Br. The quantitative estimate of drug-likeness (QED) is 0.596. The molecule has 15 heavy (non-hydrogen) atoms. The maximum absolute atomic E-state index is 4.35. The average molecular weight is 286 g/mol. The summed E-state index contributed by atoms with van der Waals surface area (Å²) in [5.74, 6) is 0. The van der Waals surface area contributed by atoms with Gasteiger partial charge in [0.1, 0.15) is 4.60 Å². The van der Waals surface area contributed by atoms with Crippen LogP contribution in [0.1, 0.15) is 31.9 Å². The first kappa shape index (κ1) is 12.9. The minimum atomic E-state index is -0.595. The van der Waals surface area contributed by atoms with E-state index in [9.17, 15) is 0 Å². The highest BCUT2D eigenvalue weighted by Crippen LogP contribution is 2.29. The van der Waals surface area contributed by atoms with Crippen molar-refractivity contribution in [1.82, 2.24) is 4.98 Å². The third kappa shape index (κ3) is 3.42. The van der Waals surface area contributed by atoms with E-state index in [4.69, 9.17) is 0 Å². The molecule has 0 aromatic carbocycles. The third-order valence-electron chi connectivity index (χ3n) is 2.42. The molecule has 1 aromatic heterocycles. The van der Waals surface area contributed by atoms with E-state index in [-0.39, 0.29) is 5.41 Å². The van der Waals surface area contributed by atoms with Crippen molar-refractivity contribution in [3.8, 4) is 0 Å². The molecule has 0 saturated carbocycles. The Morgan fingerprint density at radius 2 is 1.93 bits per heavy atom. The van der Waals surface area contributed by atoms with Gasteiger partial charge in [-0.2, -0.15) is 0 Å². The van der Waals surface area contributed by atoms with Gasteiger partial charge in [-0.3, -0.25) is 0 Å². The summed E-state index contributed by atoms with van der Waals surface area (Å²) < 4.78 is 1.04. The van der Waals surface area contributed by atoms with Gasteiger partial charge in [0.05, 0.1) is 0 Å². The fraction of sp³-hybridized carbons (Fsp3) is 0.583. The predicted molar refractivity (Wildman–Crippen MR) is 73.2 cm³/mol. The van der Waals surface area contributed by atoms with E-state index < -0.39 is 8.80 Å². The summed E-state index contributed by atoms with van der Waals surface area (Å²) in [4.78, 5) is 4.35. The monoisotopic (exact) mass is 285 g/mol. The van der Waals surface area contributed by atoms with Gasteiger partial charge in [0.15, 0.2) is 0 Å². The van der Waals surface area contributed by atoms with E-state index in [1.165, 1.54) is 17.2 Å². The smallest absolute Gasteiger partial charge is 0.109 e. The minimum Gasteiger partial charge on any atom is -0.249 e. The lowest BCUT2D eigenvalue weighted by Crippen LogP contribution is -2.18. The van der Waals surface area contributed by atoms with Crippen LogP contribution < -0.4 is 0 Å². The summed E-state index contributed by atoms with van der Waals surface area (Å²) in [6, 6.07) is 3.39. The third-order valence-corrected chi connectivity index (χ3v) is 4.33. The minimum absolute atomic E-state index is 0.212. The first-order chi connectivity index (χ1) is 6.82. The Balaban J connectivity index is 3.21. The highest BCUT2D eigenvalue weighted by molar-refractivity contribution is 9.10. The zero-order valence-electron chi connectivity index (χ0n) is 10.3. The van der Waals surface area contributed by atoms with Crippen molar-refractivity contribution in [3.05, 3.63) is 28.0 Å². The van der Waals surface area contributed by atoms with E-state index in [1.807, 2.05) is 6.20 Å². The molecule has 0 amide bonds. The normalized spacial score (nSPS) is 12.2. The Bertz CT molecular complexity index is 342. The van der Waals surface area contributed by atoms with Gasteiger partial charge in [-0.25, -0.2) is 4.98 Å². The van der Waals surface area contributed by atoms with Gasteiger partial charge in [0.25, 0.3) is 0 Å². The number of pyridine rings is 1. The molecule has 0 saturated heterocycles. The van der Waals surface area contributed by atoms with Gasteiger partial charge in [-0.1, -0.05) is 33.9 Å². The van der Waals surface area contributed by atoms with Crippen LogP contribution in [0.4, 0.5) is 0 Å². The molecule has 0 bridgehead atoms. The van der Waals surface area contributed by atoms with Crippen molar-refractivity contribution in [3.63, 3.8) is 0 Å². The molecule has 1 nitrogen and oxygen atoms in total. The molecule has 0 N–H and O–H groups in total. The number of nitrogens with zero attached hydrogens (tertiary/aromatic N) is 1. The Hall–Kier alpha value is -0.153. The second kappa shape index (κ2) is 4.79. The summed E-state index contributed by atoms with van der Waals surface area (Å²) in [7, 11) is -0.595. The van der Waals surface area contributed by atoms with Crippen LogP contribution in [0.3, 0.4) is 0 Å². The van der Waals surface area contributed by atoms with Crippen molar-refractivity contribution >= 4 is 24.7 Å². The lowest BCUT2D eigenvalue weighted by atomic mass is 9.85. The molecule has 0 aliphatic rings. The molecule has 0 atom stereocenters. The number of rotatable bonds is 2. The topological polar surface area (TPSA) is 12.9 Å². The molecule has 0 radical (unpaired) electrons. The van der Waals surface area contributed by atoms with E-state index in [1.54, 1.807) is 0 Å². The first-order valence-electron chi connectivity index (χ1n) is 5.46. The fourth-order valence-electron chi connectivity index (χ4n) is 1.77. The number of hydrogen-bond acceptors (Lipinski definition) is 1. The zero-order valence-corrected chi connectivity index (χ0v) is 13.0. The Labute approximate surface area is 103 Å². The van der Waals surface area contributed by atoms with Crippen LogP contribution in [0.15, 0.2) is 16.9 Å². The molecular formula is C12H20BrNSi. The molecule has 0 unspecified atom stereocenters. The fourth-order valence-corrected chi connectivity index (χ4v) is 3.79. The molecular weight excluding hydrogens is 266 g/mol. The summed E-state index contributed by atoms with van der Waals surface area (Å²) in [6.07, 6.45) is 1.90. The van der Waals surface area contributed by atoms with Crippen LogP contribution in [0, 0.1) is 0 Å². The average Bonchev–Trinajstić information content (AvgIpc) is 2.05. The number of aromatic nitrogens is 1. The Kier molecular flexibility index (Phi) is 4.12.